The Morgan fingerprint density at radius 3 is 1.13 bits per heavy atom. The van der Waals surface area contributed by atoms with Crippen molar-refractivity contribution in [2.24, 2.45) is 0 Å². The summed E-state index contributed by atoms with van der Waals surface area (Å²) in [6.45, 7) is -2.43. The van der Waals surface area contributed by atoms with Crippen molar-refractivity contribution in [2.45, 2.75) is 53.4 Å². The molecule has 0 saturated carbocycles. The molecule has 0 aromatic carbocycles. The van der Waals surface area contributed by atoms with Gasteiger partial charge < -0.3 is 4.55 Å². The predicted molar refractivity (Wildman–Crippen MR) is 76.6 cm³/mol. The number of halogens is 18. The van der Waals surface area contributed by atoms with Gasteiger partial charge in [0.15, 0.2) is 0 Å². The average molecular weight is 677 g/mol. The summed E-state index contributed by atoms with van der Waals surface area (Å²) in [7, 11) is -13.6. The molecule has 0 unspecified atom stereocenters. The molecule has 6 nitrogen and oxygen atoms in total. The Balaban J connectivity index is 0. The monoisotopic (exact) mass is 677 g/mol. The van der Waals surface area contributed by atoms with Crippen molar-refractivity contribution < 1.29 is 152 Å². The largest absolute Gasteiger partial charge is 1.00 e. The first-order valence-corrected chi connectivity index (χ1v) is 11.0. The van der Waals surface area contributed by atoms with Crippen molar-refractivity contribution >= 4 is 20.1 Å². The van der Waals surface area contributed by atoms with Crippen molar-refractivity contribution in [2.75, 3.05) is 12.3 Å². The van der Waals surface area contributed by atoms with Gasteiger partial charge in [-0.25, -0.2) is 16.8 Å². The molecule has 38 heavy (non-hydrogen) atoms. The number of sulfonamides is 1. The third-order valence-corrected chi connectivity index (χ3v) is 6.40. The molecule has 224 valence electrons. The van der Waals surface area contributed by atoms with Gasteiger partial charge in [-0.05, 0) is 10.9 Å². The number of alkyl halides is 17. The van der Waals surface area contributed by atoms with Crippen LogP contribution in [0.3, 0.4) is 0 Å². The van der Waals surface area contributed by atoms with Crippen LogP contribution in [0.25, 0.3) is 0 Å². The van der Waals surface area contributed by atoms with Gasteiger partial charge in [-0.3, -0.25) is 0 Å². The maximum absolute atomic E-state index is 13.7. The van der Waals surface area contributed by atoms with Crippen LogP contribution < -0.4 is 51.4 Å². The van der Waals surface area contributed by atoms with Crippen LogP contribution in [0.4, 0.5) is 79.1 Å². The van der Waals surface area contributed by atoms with E-state index in [1.165, 1.54) is 0 Å². The van der Waals surface area contributed by atoms with Crippen LogP contribution in [0.15, 0.2) is 0 Å². The summed E-state index contributed by atoms with van der Waals surface area (Å²) in [5.41, 5.74) is 0. The molecule has 0 aromatic heterocycles. The molecule has 0 amide bonds. The molecular formula is C11H6F18KNO5S2. The van der Waals surface area contributed by atoms with E-state index in [1.54, 1.807) is 0 Å². The molecule has 0 saturated heterocycles. The first-order valence-electron chi connectivity index (χ1n) is 7.96. The number of hydrogen-bond donors (Lipinski definition) is 0. The second kappa shape index (κ2) is 11.1. The Bertz CT molecular complexity index is 1060. The van der Waals surface area contributed by atoms with Crippen LogP contribution in [0.2, 0.25) is 0 Å². The van der Waals surface area contributed by atoms with Crippen molar-refractivity contribution in [3.8, 4) is 0 Å². The summed E-state index contributed by atoms with van der Waals surface area (Å²) in [6, 6.07) is 0. The molecule has 0 rings (SSSR count). The van der Waals surface area contributed by atoms with Gasteiger partial charge in [0, 0.05) is 12.3 Å². The first kappa shape index (κ1) is 40.3. The van der Waals surface area contributed by atoms with E-state index in [0.717, 1.165) is 0 Å². The van der Waals surface area contributed by atoms with E-state index in [9.17, 15) is 101 Å². The predicted octanol–water partition coefficient (Wildman–Crippen LogP) is 1.41. The van der Waals surface area contributed by atoms with Crippen LogP contribution in [0.5, 0.6) is 0 Å². The quantitative estimate of drug-likeness (QED) is 0.135. The summed E-state index contributed by atoms with van der Waals surface area (Å²) in [4.78, 5) is 0. The first-order chi connectivity index (χ1) is 15.6. The number of rotatable bonds is 12. The second-order valence-corrected chi connectivity index (χ2v) is 9.98. The van der Waals surface area contributed by atoms with Gasteiger partial charge >= 0.3 is 108 Å². The zero-order valence-electron chi connectivity index (χ0n) is 17.2. The average Bonchev–Trinajstić information content (AvgIpc) is 2.64. The molecule has 0 fully saturated rings. The second-order valence-electron chi connectivity index (χ2n) is 6.59. The third-order valence-electron chi connectivity index (χ3n) is 4.01. The van der Waals surface area contributed by atoms with Crippen LogP contribution in [0.1, 0.15) is 6.42 Å². The van der Waals surface area contributed by atoms with Gasteiger partial charge in [0.2, 0.25) is 0 Å². The van der Waals surface area contributed by atoms with E-state index in [0.29, 0.717) is 0 Å². The van der Waals surface area contributed by atoms with Crippen molar-refractivity contribution in [3.05, 3.63) is 0 Å². The summed E-state index contributed by atoms with van der Waals surface area (Å²) in [5, 5.41) is -8.12. The molecule has 0 spiro atoms. The maximum Gasteiger partial charge on any atom is 1.00 e. The molecule has 0 heterocycles. The van der Waals surface area contributed by atoms with Crippen molar-refractivity contribution in [3.63, 3.8) is 0 Å². The van der Waals surface area contributed by atoms with Gasteiger partial charge in [-0.2, -0.15) is 74.6 Å². The van der Waals surface area contributed by atoms with Crippen molar-refractivity contribution in [1.82, 2.24) is 4.53 Å². The van der Waals surface area contributed by atoms with E-state index < -0.39 is 90.4 Å². The Hall–Kier alpha value is 0.196. The maximum atomic E-state index is 13.7. The topological polar surface area (TPSA) is 94.6 Å². The normalized spacial score (nSPS) is 16.0. The van der Waals surface area contributed by atoms with E-state index in [2.05, 4.69) is 0 Å². The Morgan fingerprint density at radius 2 is 0.842 bits per heavy atom. The van der Waals surface area contributed by atoms with Gasteiger partial charge in [-0.1, -0.05) is 0 Å². The van der Waals surface area contributed by atoms with Crippen LogP contribution in [-0.4, -0.2) is 85.2 Å². The fourth-order valence-electron chi connectivity index (χ4n) is 1.92. The molecule has 0 aliphatic heterocycles. The fraction of sp³-hybridized carbons (Fsp3) is 1.00. The van der Waals surface area contributed by atoms with Gasteiger partial charge in [0.25, 0.3) is 0 Å². The SMILES string of the molecule is O=S(=O)([O-])CCCN(F)S(=O)(=O)C(F)(F)C(F)(F)C(F)(F)C(F)(F)C(F)(F)C(F)(F)C(F)(F)C(F)(F)F.[K+]. The minimum atomic E-state index is -9.07. The van der Waals surface area contributed by atoms with Crippen molar-refractivity contribution in [1.29, 1.82) is 0 Å². The molecule has 0 N–H and O–H groups in total. The summed E-state index contributed by atoms with van der Waals surface area (Å²) >= 11 is 0. The van der Waals surface area contributed by atoms with E-state index in [-0.39, 0.29) is 51.4 Å². The zero-order valence-corrected chi connectivity index (χ0v) is 22.0. The van der Waals surface area contributed by atoms with Crippen LogP contribution in [-0.2, 0) is 20.1 Å². The number of nitrogens with zero attached hydrogens (tertiary/aromatic N) is 1. The molecule has 0 aromatic rings. The molecule has 0 aliphatic carbocycles. The minimum absolute atomic E-state index is 0. The Kier molecular flexibility index (Phi) is 11.8. The van der Waals surface area contributed by atoms with E-state index in [1.807, 2.05) is 0 Å². The van der Waals surface area contributed by atoms with Crippen LogP contribution in [0, 0.1) is 0 Å². The van der Waals surface area contributed by atoms with Crippen LogP contribution >= 0.6 is 0 Å². The summed E-state index contributed by atoms with van der Waals surface area (Å²) in [6.07, 6.45) is -9.71. The van der Waals surface area contributed by atoms with E-state index in [4.69, 9.17) is 0 Å². The zero-order chi connectivity index (χ0) is 30.7. The summed E-state index contributed by atoms with van der Waals surface area (Å²) < 4.78 is 286. The molecule has 0 atom stereocenters. The summed E-state index contributed by atoms with van der Waals surface area (Å²) in [5.74, 6) is -54.9. The molecule has 0 aliphatic rings. The molecule has 0 bridgehead atoms. The fourth-order valence-corrected chi connectivity index (χ4v) is 3.47. The standard InChI is InChI=1S/C11H7F18NO5S2.K/c12-4(13,6(16,17)8(20,21)10(24,25)26)5(14,15)7(18,19)9(22,23)11(27,28)37(34,35)30(29)2-1-3-36(31,32)33;/h1-3H2,(H,31,32,33);/q;+1/p-1. The smallest absolute Gasteiger partial charge is 0.748 e. The van der Waals surface area contributed by atoms with Gasteiger partial charge in [0.1, 0.15) is 0 Å². The molecule has 0 radical (unpaired) electrons. The Morgan fingerprint density at radius 1 is 0.553 bits per heavy atom. The molecular weight excluding hydrogens is 671 g/mol. The Labute approximate surface area is 240 Å². The number of hydrogen-bond acceptors (Lipinski definition) is 5. The van der Waals surface area contributed by atoms with Gasteiger partial charge in [0.05, 0.1) is 10.1 Å². The third kappa shape index (κ3) is 6.18. The molecule has 27 heteroatoms. The minimum Gasteiger partial charge on any atom is -0.748 e. The van der Waals surface area contributed by atoms with E-state index >= 15 is 0 Å². The van der Waals surface area contributed by atoms with Gasteiger partial charge in [-0.15, -0.1) is 4.48 Å².